The Balaban J connectivity index is 2.81. The molecular formula is C14H25F3N2O. The molecule has 20 heavy (non-hydrogen) atoms. The number of halogens is 3. The average molecular weight is 294 g/mol. The summed E-state index contributed by atoms with van der Waals surface area (Å²) in [6.07, 6.45) is -2.06. The molecule has 4 unspecified atom stereocenters. The molecule has 0 spiro atoms. The molecule has 0 saturated heterocycles. The van der Waals surface area contributed by atoms with Crippen LogP contribution < -0.4 is 11.1 Å². The van der Waals surface area contributed by atoms with Gasteiger partial charge in [-0.15, -0.1) is 0 Å². The highest BCUT2D eigenvalue weighted by atomic mass is 19.4. The van der Waals surface area contributed by atoms with Gasteiger partial charge in [-0.05, 0) is 37.5 Å². The van der Waals surface area contributed by atoms with E-state index in [0.29, 0.717) is 18.3 Å². The maximum absolute atomic E-state index is 12.8. The quantitative estimate of drug-likeness (QED) is 0.841. The van der Waals surface area contributed by atoms with Gasteiger partial charge >= 0.3 is 6.18 Å². The largest absolute Gasteiger partial charge is 0.415 e. The number of hydrogen-bond acceptors (Lipinski definition) is 2. The van der Waals surface area contributed by atoms with Crippen molar-refractivity contribution in [2.45, 2.75) is 64.7 Å². The Kier molecular flexibility index (Phi) is 5.11. The lowest BCUT2D eigenvalue weighted by Gasteiger charge is -2.39. The smallest absolute Gasteiger partial charge is 0.351 e. The zero-order valence-electron chi connectivity index (χ0n) is 12.6. The normalized spacial score (nSPS) is 30.9. The predicted molar refractivity (Wildman–Crippen MR) is 71.9 cm³/mol. The van der Waals surface area contributed by atoms with Crippen LogP contribution in [0.15, 0.2) is 0 Å². The lowest BCUT2D eigenvalue weighted by molar-refractivity contribution is -0.188. The Morgan fingerprint density at radius 2 is 1.85 bits per heavy atom. The van der Waals surface area contributed by atoms with Gasteiger partial charge in [0, 0.05) is 6.04 Å². The highest BCUT2D eigenvalue weighted by Crippen LogP contribution is 2.34. The second kappa shape index (κ2) is 5.92. The molecule has 0 aromatic carbocycles. The summed E-state index contributed by atoms with van der Waals surface area (Å²) in [5, 5.41) is 2.54. The van der Waals surface area contributed by atoms with Crippen molar-refractivity contribution in [3.8, 4) is 0 Å². The fraction of sp³-hybridized carbons (Fsp3) is 0.929. The molecule has 4 atom stereocenters. The van der Waals surface area contributed by atoms with Gasteiger partial charge in [0.1, 0.15) is 0 Å². The predicted octanol–water partition coefficient (Wildman–Crippen LogP) is 2.84. The van der Waals surface area contributed by atoms with Crippen LogP contribution in [-0.4, -0.2) is 23.7 Å². The first-order valence-electron chi connectivity index (χ1n) is 7.13. The van der Waals surface area contributed by atoms with Gasteiger partial charge < -0.3 is 11.1 Å². The van der Waals surface area contributed by atoms with Gasteiger partial charge in [-0.1, -0.05) is 27.2 Å². The number of nitrogens with two attached hydrogens (primary N) is 1. The zero-order valence-corrected chi connectivity index (χ0v) is 12.6. The molecule has 1 aliphatic carbocycles. The van der Waals surface area contributed by atoms with E-state index in [1.54, 1.807) is 0 Å². The minimum Gasteiger partial charge on any atom is -0.351 e. The van der Waals surface area contributed by atoms with E-state index in [9.17, 15) is 18.0 Å². The minimum atomic E-state index is -4.75. The summed E-state index contributed by atoms with van der Waals surface area (Å²) >= 11 is 0. The summed E-state index contributed by atoms with van der Waals surface area (Å²) in [7, 11) is 0. The van der Waals surface area contributed by atoms with Crippen LogP contribution in [0, 0.1) is 17.8 Å². The minimum absolute atomic E-state index is 0.208. The highest BCUT2D eigenvalue weighted by molar-refractivity contribution is 5.86. The molecule has 1 saturated carbocycles. The van der Waals surface area contributed by atoms with Crippen molar-refractivity contribution in [3.63, 3.8) is 0 Å². The molecule has 0 aliphatic heterocycles. The van der Waals surface area contributed by atoms with Crippen molar-refractivity contribution in [2.75, 3.05) is 0 Å². The van der Waals surface area contributed by atoms with Gasteiger partial charge in [0.15, 0.2) is 5.54 Å². The van der Waals surface area contributed by atoms with Crippen LogP contribution >= 0.6 is 0 Å². The Morgan fingerprint density at radius 1 is 1.30 bits per heavy atom. The second-order valence-electron chi connectivity index (χ2n) is 6.61. The van der Waals surface area contributed by atoms with Crippen molar-refractivity contribution >= 4 is 5.91 Å². The molecular weight excluding hydrogens is 269 g/mol. The standard InChI is InChI=1S/C14H25F3N2O/c1-8(2)10-6-5-9(3)7-11(10)19-12(20)13(4,18)14(15,16)17/h8-11H,5-7,18H2,1-4H3,(H,19,20). The van der Waals surface area contributed by atoms with Gasteiger partial charge in [0.05, 0.1) is 0 Å². The summed E-state index contributed by atoms with van der Waals surface area (Å²) in [6.45, 7) is 6.84. The van der Waals surface area contributed by atoms with E-state index in [2.05, 4.69) is 12.2 Å². The van der Waals surface area contributed by atoms with Gasteiger partial charge in [-0.25, -0.2) is 0 Å². The van der Waals surface area contributed by atoms with Crippen LogP contribution in [0.4, 0.5) is 13.2 Å². The molecule has 0 aromatic heterocycles. The van der Waals surface area contributed by atoms with Crippen LogP contribution in [0.25, 0.3) is 0 Å². The Morgan fingerprint density at radius 3 is 2.30 bits per heavy atom. The average Bonchev–Trinajstić information content (AvgIpc) is 2.26. The molecule has 1 fully saturated rings. The maximum atomic E-state index is 12.8. The van der Waals surface area contributed by atoms with E-state index in [1.165, 1.54) is 0 Å². The van der Waals surface area contributed by atoms with Gasteiger partial charge in [0.25, 0.3) is 0 Å². The number of hydrogen-bond donors (Lipinski definition) is 2. The molecule has 1 rings (SSSR count). The molecule has 1 aliphatic rings. The van der Waals surface area contributed by atoms with Crippen LogP contribution in [0.2, 0.25) is 0 Å². The molecule has 6 heteroatoms. The van der Waals surface area contributed by atoms with Crippen LogP contribution in [0.3, 0.4) is 0 Å². The highest BCUT2D eigenvalue weighted by Gasteiger charge is 2.54. The Hall–Kier alpha value is -0.780. The van der Waals surface area contributed by atoms with E-state index in [0.717, 1.165) is 19.8 Å². The fourth-order valence-electron chi connectivity index (χ4n) is 2.82. The Labute approximate surface area is 118 Å². The van der Waals surface area contributed by atoms with Gasteiger partial charge in [-0.3, -0.25) is 4.79 Å². The third-order valence-corrected chi connectivity index (χ3v) is 4.40. The first-order valence-corrected chi connectivity index (χ1v) is 7.13. The topological polar surface area (TPSA) is 55.1 Å². The van der Waals surface area contributed by atoms with Crippen LogP contribution in [0.5, 0.6) is 0 Å². The van der Waals surface area contributed by atoms with Crippen molar-refractivity contribution in [2.24, 2.45) is 23.5 Å². The lowest BCUT2D eigenvalue weighted by Crippen LogP contribution is -2.63. The monoisotopic (exact) mass is 294 g/mol. The first kappa shape index (κ1) is 17.3. The van der Waals surface area contributed by atoms with Crippen LogP contribution in [0.1, 0.15) is 47.0 Å². The summed E-state index contributed by atoms with van der Waals surface area (Å²) in [6, 6.07) is -0.225. The molecule has 1 amide bonds. The van der Waals surface area contributed by atoms with E-state index in [1.807, 2.05) is 13.8 Å². The fourth-order valence-corrected chi connectivity index (χ4v) is 2.82. The summed E-state index contributed by atoms with van der Waals surface area (Å²) in [5.74, 6) is -0.193. The van der Waals surface area contributed by atoms with E-state index in [4.69, 9.17) is 5.73 Å². The molecule has 3 N–H and O–H groups in total. The summed E-state index contributed by atoms with van der Waals surface area (Å²) in [5.41, 5.74) is 2.34. The van der Waals surface area contributed by atoms with Gasteiger partial charge in [-0.2, -0.15) is 13.2 Å². The number of carbonyl (C=O) groups is 1. The lowest BCUT2D eigenvalue weighted by atomic mass is 9.74. The Bertz CT molecular complexity index is 353. The third kappa shape index (κ3) is 3.65. The maximum Gasteiger partial charge on any atom is 0.415 e. The molecule has 0 aromatic rings. The molecule has 118 valence electrons. The van der Waals surface area contributed by atoms with E-state index in [-0.39, 0.29) is 12.0 Å². The number of nitrogens with one attached hydrogen (secondary N) is 1. The summed E-state index contributed by atoms with van der Waals surface area (Å²) in [4.78, 5) is 11.9. The first-order chi connectivity index (χ1) is 8.96. The number of rotatable bonds is 3. The molecule has 0 heterocycles. The molecule has 0 bridgehead atoms. The van der Waals surface area contributed by atoms with Gasteiger partial charge in [0.2, 0.25) is 5.91 Å². The van der Waals surface area contributed by atoms with E-state index >= 15 is 0 Å². The third-order valence-electron chi connectivity index (χ3n) is 4.40. The number of carbonyl (C=O) groups excluding carboxylic acids is 1. The van der Waals surface area contributed by atoms with Crippen molar-refractivity contribution < 1.29 is 18.0 Å². The summed E-state index contributed by atoms with van der Waals surface area (Å²) < 4.78 is 38.4. The zero-order chi connectivity index (χ0) is 15.7. The second-order valence-corrected chi connectivity index (χ2v) is 6.61. The SMILES string of the molecule is CC1CCC(C(C)C)C(NC(=O)C(C)(N)C(F)(F)F)C1. The van der Waals surface area contributed by atoms with Crippen LogP contribution in [-0.2, 0) is 4.79 Å². The molecule has 3 nitrogen and oxygen atoms in total. The van der Waals surface area contributed by atoms with Crippen molar-refractivity contribution in [3.05, 3.63) is 0 Å². The molecule has 0 radical (unpaired) electrons. The van der Waals surface area contributed by atoms with Crippen molar-refractivity contribution in [1.82, 2.24) is 5.32 Å². The van der Waals surface area contributed by atoms with Crippen molar-refractivity contribution in [1.29, 1.82) is 0 Å². The number of alkyl halides is 3. The number of amides is 1. The van der Waals surface area contributed by atoms with E-state index < -0.39 is 17.6 Å².